The average molecular weight is 208 g/mol. The van der Waals surface area contributed by atoms with Crippen molar-refractivity contribution in [3.8, 4) is 6.07 Å². The summed E-state index contributed by atoms with van der Waals surface area (Å²) in [5, 5.41) is 10.1. The number of nitrogens with zero attached hydrogens (tertiary/aromatic N) is 2. The van der Waals surface area contributed by atoms with Gasteiger partial charge in [-0.25, -0.2) is 0 Å². The highest BCUT2D eigenvalue weighted by Crippen LogP contribution is 2.25. The molecule has 0 spiro atoms. The van der Waals surface area contributed by atoms with Crippen LogP contribution >= 0.6 is 0 Å². The highest BCUT2D eigenvalue weighted by atomic mass is 14.7. The minimum Gasteiger partial charge on any atom is -0.253 e. The van der Waals surface area contributed by atoms with Crippen molar-refractivity contribution < 1.29 is 0 Å². The van der Waals surface area contributed by atoms with E-state index in [4.69, 9.17) is 5.26 Å². The SMILES string of the molecule is N#Cc1cccc2nc3c(cc12)CCCC3. The van der Waals surface area contributed by atoms with Crippen LogP contribution in [0.25, 0.3) is 10.9 Å². The van der Waals surface area contributed by atoms with Gasteiger partial charge in [0.05, 0.1) is 17.1 Å². The molecule has 3 rings (SSSR count). The fourth-order valence-corrected chi connectivity index (χ4v) is 2.42. The monoisotopic (exact) mass is 208 g/mol. The number of nitriles is 1. The van der Waals surface area contributed by atoms with Gasteiger partial charge in [0.1, 0.15) is 0 Å². The lowest BCUT2D eigenvalue weighted by atomic mass is 9.94. The van der Waals surface area contributed by atoms with Crippen molar-refractivity contribution in [1.29, 1.82) is 5.26 Å². The molecule has 0 aliphatic heterocycles. The molecule has 2 heteroatoms. The van der Waals surface area contributed by atoms with Gasteiger partial charge in [-0.3, -0.25) is 4.98 Å². The van der Waals surface area contributed by atoms with E-state index < -0.39 is 0 Å². The Hall–Kier alpha value is -1.88. The van der Waals surface area contributed by atoms with Crippen molar-refractivity contribution in [3.63, 3.8) is 0 Å². The summed E-state index contributed by atoms with van der Waals surface area (Å²) in [6, 6.07) is 10.2. The Kier molecular flexibility index (Phi) is 2.11. The van der Waals surface area contributed by atoms with Gasteiger partial charge in [0.15, 0.2) is 0 Å². The Bertz CT molecular complexity index is 593. The van der Waals surface area contributed by atoms with Crippen LogP contribution in [0, 0.1) is 11.3 Å². The first-order valence-electron chi connectivity index (χ1n) is 5.70. The Labute approximate surface area is 94.5 Å². The molecular weight excluding hydrogens is 196 g/mol. The topological polar surface area (TPSA) is 36.7 Å². The summed E-state index contributed by atoms with van der Waals surface area (Å²) in [6.45, 7) is 0. The number of pyridine rings is 1. The Balaban J connectivity index is 2.32. The number of aromatic nitrogens is 1. The molecule has 78 valence electrons. The molecular formula is C14H12N2. The molecule has 0 radical (unpaired) electrons. The maximum absolute atomic E-state index is 9.06. The predicted molar refractivity (Wildman–Crippen MR) is 63.1 cm³/mol. The summed E-state index contributed by atoms with van der Waals surface area (Å²) in [5.41, 5.74) is 4.26. The lowest BCUT2D eigenvalue weighted by Gasteiger charge is -2.15. The van der Waals surface area contributed by atoms with Gasteiger partial charge in [0.25, 0.3) is 0 Å². The zero-order valence-corrected chi connectivity index (χ0v) is 9.03. The predicted octanol–water partition coefficient (Wildman–Crippen LogP) is 2.99. The zero-order chi connectivity index (χ0) is 11.0. The van der Waals surface area contributed by atoms with Crippen molar-refractivity contribution in [3.05, 3.63) is 41.1 Å². The van der Waals surface area contributed by atoms with Crippen LogP contribution < -0.4 is 0 Å². The fraction of sp³-hybridized carbons (Fsp3) is 0.286. The number of benzene rings is 1. The minimum atomic E-state index is 0.735. The van der Waals surface area contributed by atoms with Gasteiger partial charge in [-0.05, 0) is 49.4 Å². The van der Waals surface area contributed by atoms with Crippen LogP contribution in [0.5, 0.6) is 0 Å². The quantitative estimate of drug-likeness (QED) is 0.667. The summed E-state index contributed by atoms with van der Waals surface area (Å²) >= 11 is 0. The molecule has 0 N–H and O–H groups in total. The number of rotatable bonds is 0. The molecule has 2 nitrogen and oxygen atoms in total. The molecule has 2 aromatic rings. The third kappa shape index (κ3) is 1.37. The molecule has 16 heavy (non-hydrogen) atoms. The smallest absolute Gasteiger partial charge is 0.0998 e. The van der Waals surface area contributed by atoms with E-state index in [2.05, 4.69) is 17.1 Å². The van der Waals surface area contributed by atoms with Gasteiger partial charge in [-0.2, -0.15) is 5.26 Å². The van der Waals surface area contributed by atoms with E-state index in [1.165, 1.54) is 24.1 Å². The standard InChI is InChI=1S/C14H12N2/c15-9-11-5-3-7-14-12(11)8-10-4-1-2-6-13(10)16-14/h3,5,7-8H,1-2,4,6H2. The molecule has 1 aliphatic rings. The second-order valence-corrected chi connectivity index (χ2v) is 4.29. The third-order valence-electron chi connectivity index (χ3n) is 3.26. The molecule has 1 aromatic carbocycles. The Morgan fingerprint density at radius 3 is 2.94 bits per heavy atom. The van der Waals surface area contributed by atoms with Gasteiger partial charge in [0, 0.05) is 11.1 Å². The molecule has 0 bridgehead atoms. The summed E-state index contributed by atoms with van der Waals surface area (Å²) in [6.07, 6.45) is 4.68. The number of aryl methyl sites for hydroxylation is 2. The minimum absolute atomic E-state index is 0.735. The van der Waals surface area contributed by atoms with Crippen LogP contribution in [0.15, 0.2) is 24.3 Å². The highest BCUT2D eigenvalue weighted by Gasteiger charge is 2.12. The summed E-state index contributed by atoms with van der Waals surface area (Å²) in [4.78, 5) is 4.67. The number of fused-ring (bicyclic) bond motifs is 2. The molecule has 0 atom stereocenters. The second kappa shape index (κ2) is 3.61. The van der Waals surface area contributed by atoms with E-state index in [0.29, 0.717) is 0 Å². The molecule has 0 amide bonds. The summed E-state index contributed by atoms with van der Waals surface area (Å²) in [7, 11) is 0. The first-order valence-corrected chi connectivity index (χ1v) is 5.70. The largest absolute Gasteiger partial charge is 0.253 e. The lowest BCUT2D eigenvalue weighted by molar-refractivity contribution is 0.671. The second-order valence-electron chi connectivity index (χ2n) is 4.29. The highest BCUT2D eigenvalue weighted by molar-refractivity contribution is 5.85. The normalized spacial score (nSPS) is 14.4. The summed E-state index contributed by atoms with van der Waals surface area (Å²) < 4.78 is 0. The first-order chi connectivity index (χ1) is 7.88. The van der Waals surface area contributed by atoms with E-state index in [9.17, 15) is 0 Å². The van der Waals surface area contributed by atoms with E-state index in [0.717, 1.165) is 29.3 Å². The molecule has 0 unspecified atom stereocenters. The zero-order valence-electron chi connectivity index (χ0n) is 9.03. The fourth-order valence-electron chi connectivity index (χ4n) is 2.42. The third-order valence-corrected chi connectivity index (χ3v) is 3.26. The molecule has 1 aromatic heterocycles. The van der Waals surface area contributed by atoms with Crippen molar-refractivity contribution in [2.24, 2.45) is 0 Å². The Morgan fingerprint density at radius 2 is 2.06 bits per heavy atom. The van der Waals surface area contributed by atoms with Crippen molar-refractivity contribution in [1.82, 2.24) is 4.98 Å². The van der Waals surface area contributed by atoms with Gasteiger partial charge < -0.3 is 0 Å². The van der Waals surface area contributed by atoms with E-state index in [1.807, 2.05) is 18.2 Å². The van der Waals surface area contributed by atoms with E-state index in [-0.39, 0.29) is 0 Å². The van der Waals surface area contributed by atoms with Crippen LogP contribution in [-0.4, -0.2) is 4.98 Å². The maximum atomic E-state index is 9.06. The molecule has 0 saturated heterocycles. The van der Waals surface area contributed by atoms with Crippen LogP contribution in [0.1, 0.15) is 29.7 Å². The van der Waals surface area contributed by atoms with Crippen LogP contribution in [-0.2, 0) is 12.8 Å². The average Bonchev–Trinajstić information content (AvgIpc) is 2.35. The number of hydrogen-bond acceptors (Lipinski definition) is 2. The lowest BCUT2D eigenvalue weighted by Crippen LogP contribution is -2.05. The first kappa shape index (κ1) is 9.35. The van der Waals surface area contributed by atoms with Crippen LogP contribution in [0.4, 0.5) is 0 Å². The van der Waals surface area contributed by atoms with Crippen molar-refractivity contribution in [2.75, 3.05) is 0 Å². The van der Waals surface area contributed by atoms with Gasteiger partial charge in [0.2, 0.25) is 0 Å². The van der Waals surface area contributed by atoms with Crippen molar-refractivity contribution >= 4 is 10.9 Å². The Morgan fingerprint density at radius 1 is 1.19 bits per heavy atom. The van der Waals surface area contributed by atoms with E-state index >= 15 is 0 Å². The molecule has 1 heterocycles. The molecule has 0 saturated carbocycles. The summed E-state index contributed by atoms with van der Waals surface area (Å²) in [5.74, 6) is 0. The molecule has 1 aliphatic carbocycles. The van der Waals surface area contributed by atoms with Gasteiger partial charge in [-0.1, -0.05) is 6.07 Å². The molecule has 0 fully saturated rings. The van der Waals surface area contributed by atoms with Gasteiger partial charge >= 0.3 is 0 Å². The van der Waals surface area contributed by atoms with Crippen LogP contribution in [0.3, 0.4) is 0 Å². The maximum Gasteiger partial charge on any atom is 0.0998 e. The number of hydrogen-bond donors (Lipinski definition) is 0. The van der Waals surface area contributed by atoms with Crippen molar-refractivity contribution in [2.45, 2.75) is 25.7 Å². The van der Waals surface area contributed by atoms with Gasteiger partial charge in [-0.15, -0.1) is 0 Å². The van der Waals surface area contributed by atoms with Crippen LogP contribution in [0.2, 0.25) is 0 Å². The van der Waals surface area contributed by atoms with E-state index in [1.54, 1.807) is 0 Å².